The molecular formula is C23H28O3S. The number of ether oxygens (including phenoxy) is 1. The van der Waals surface area contributed by atoms with E-state index in [-0.39, 0.29) is 11.8 Å². The number of Topliss-reactive ketones (excluding diaryl/α,β-unsaturated/α-hetero) is 1. The molecule has 0 amide bonds. The molecule has 4 heteroatoms. The fourth-order valence-electron chi connectivity index (χ4n) is 3.38. The first-order valence-corrected chi connectivity index (χ1v) is 10.6. The summed E-state index contributed by atoms with van der Waals surface area (Å²) in [6, 6.07) is 8.13. The lowest BCUT2D eigenvalue weighted by molar-refractivity contribution is -0.151. The standard InChI is InChI=1S/C23H28O3S/c1-23(2,3)14-8-4-5-11-21(24)26-18-12-13-20-17(22(18)25)15-16-9-6-7-10-19(16)27-20/h6-7,9-10,12-13,18H,4-5,8,11,14-15H2,1-3H3. The van der Waals surface area contributed by atoms with Gasteiger partial charge in [-0.25, -0.2) is 0 Å². The van der Waals surface area contributed by atoms with E-state index in [1.165, 1.54) is 4.90 Å². The molecule has 1 heterocycles. The van der Waals surface area contributed by atoms with E-state index < -0.39 is 6.10 Å². The average molecular weight is 385 g/mol. The summed E-state index contributed by atoms with van der Waals surface area (Å²) in [5, 5.41) is 0. The Morgan fingerprint density at radius 2 is 1.96 bits per heavy atom. The highest BCUT2D eigenvalue weighted by molar-refractivity contribution is 8.03. The van der Waals surface area contributed by atoms with Crippen LogP contribution < -0.4 is 0 Å². The molecule has 27 heavy (non-hydrogen) atoms. The summed E-state index contributed by atoms with van der Waals surface area (Å²) in [5.74, 6) is -0.350. The lowest BCUT2D eigenvalue weighted by Gasteiger charge is -2.25. The molecule has 2 aliphatic rings. The van der Waals surface area contributed by atoms with Gasteiger partial charge in [-0.2, -0.15) is 0 Å². The normalized spacial score (nSPS) is 18.9. The molecule has 3 rings (SSSR count). The smallest absolute Gasteiger partial charge is 0.306 e. The molecule has 144 valence electrons. The number of unbranched alkanes of at least 4 members (excludes halogenated alkanes) is 2. The van der Waals surface area contributed by atoms with Crippen molar-refractivity contribution in [2.24, 2.45) is 5.41 Å². The largest absolute Gasteiger partial charge is 0.450 e. The van der Waals surface area contributed by atoms with Crippen LogP contribution in [0.3, 0.4) is 0 Å². The molecule has 0 bridgehead atoms. The number of esters is 1. The van der Waals surface area contributed by atoms with Crippen LogP contribution in [0.2, 0.25) is 0 Å². The van der Waals surface area contributed by atoms with Crippen LogP contribution in [0.15, 0.2) is 51.8 Å². The number of benzene rings is 1. The van der Waals surface area contributed by atoms with Gasteiger partial charge in [0.2, 0.25) is 5.78 Å². The SMILES string of the molecule is CC(C)(C)CCCCCC(=O)OC1C=CC2=C(Cc3ccccc3S2)C1=O. The summed E-state index contributed by atoms with van der Waals surface area (Å²) in [6.07, 6.45) is 7.98. The van der Waals surface area contributed by atoms with Crippen LogP contribution in [-0.2, 0) is 20.7 Å². The minimum absolute atomic E-state index is 0.0735. The monoisotopic (exact) mass is 384 g/mol. The molecule has 0 aromatic heterocycles. The second-order valence-electron chi connectivity index (χ2n) is 8.48. The number of carbonyl (C=O) groups is 2. The van der Waals surface area contributed by atoms with Crippen molar-refractivity contribution in [3.63, 3.8) is 0 Å². The van der Waals surface area contributed by atoms with E-state index in [0.29, 0.717) is 18.3 Å². The highest BCUT2D eigenvalue weighted by atomic mass is 32.2. The Balaban J connectivity index is 1.49. The van der Waals surface area contributed by atoms with Crippen molar-refractivity contribution in [3.8, 4) is 0 Å². The Kier molecular flexibility index (Phi) is 6.25. The summed E-state index contributed by atoms with van der Waals surface area (Å²) < 4.78 is 5.47. The molecule has 0 N–H and O–H groups in total. The van der Waals surface area contributed by atoms with E-state index in [2.05, 4.69) is 32.9 Å². The Morgan fingerprint density at radius 3 is 2.74 bits per heavy atom. The number of ketones is 1. The van der Waals surface area contributed by atoms with Gasteiger partial charge < -0.3 is 4.74 Å². The first-order chi connectivity index (χ1) is 12.8. The molecule has 0 radical (unpaired) electrons. The van der Waals surface area contributed by atoms with Crippen LogP contribution in [-0.4, -0.2) is 17.9 Å². The molecule has 3 nitrogen and oxygen atoms in total. The zero-order valence-electron chi connectivity index (χ0n) is 16.4. The van der Waals surface area contributed by atoms with Gasteiger partial charge >= 0.3 is 5.97 Å². The Bertz CT molecular complexity index is 783. The third-order valence-corrected chi connectivity index (χ3v) is 6.12. The predicted octanol–water partition coefficient (Wildman–Crippen LogP) is 5.64. The molecule has 0 fully saturated rings. The van der Waals surface area contributed by atoms with Gasteiger partial charge in [-0.15, -0.1) is 0 Å². The second kappa shape index (κ2) is 8.47. The maximum absolute atomic E-state index is 12.8. The number of hydrogen-bond acceptors (Lipinski definition) is 4. The number of allylic oxidation sites excluding steroid dienone is 1. The van der Waals surface area contributed by atoms with Gasteiger partial charge in [-0.1, -0.05) is 63.6 Å². The molecule has 1 aromatic carbocycles. The van der Waals surface area contributed by atoms with Gasteiger partial charge in [0.05, 0.1) is 0 Å². The molecule has 0 spiro atoms. The maximum Gasteiger partial charge on any atom is 0.306 e. The summed E-state index contributed by atoms with van der Waals surface area (Å²) in [4.78, 5) is 27.1. The Morgan fingerprint density at radius 1 is 1.19 bits per heavy atom. The van der Waals surface area contributed by atoms with Gasteiger partial charge in [0.25, 0.3) is 0 Å². The first-order valence-electron chi connectivity index (χ1n) is 9.74. The van der Waals surface area contributed by atoms with Gasteiger partial charge in [-0.3, -0.25) is 9.59 Å². The Hall–Kier alpha value is -1.81. The Labute approximate surface area is 166 Å². The summed E-state index contributed by atoms with van der Waals surface area (Å²) in [7, 11) is 0. The van der Waals surface area contributed by atoms with Gasteiger partial charge in [0.15, 0.2) is 6.10 Å². The topological polar surface area (TPSA) is 43.4 Å². The van der Waals surface area contributed by atoms with Crippen molar-refractivity contribution in [1.29, 1.82) is 0 Å². The molecule has 1 aliphatic heterocycles. The van der Waals surface area contributed by atoms with Crippen molar-refractivity contribution < 1.29 is 14.3 Å². The number of rotatable bonds is 6. The third kappa shape index (κ3) is 5.35. The molecule has 1 unspecified atom stereocenters. The zero-order valence-corrected chi connectivity index (χ0v) is 17.2. The number of carbonyl (C=O) groups excluding carboxylic acids is 2. The molecule has 1 aromatic rings. The van der Waals surface area contributed by atoms with E-state index in [9.17, 15) is 9.59 Å². The lowest BCUT2D eigenvalue weighted by Crippen LogP contribution is -2.30. The van der Waals surface area contributed by atoms with Crippen molar-refractivity contribution >= 4 is 23.5 Å². The molecule has 0 saturated heterocycles. The van der Waals surface area contributed by atoms with Gasteiger partial charge in [0, 0.05) is 28.2 Å². The van der Waals surface area contributed by atoms with E-state index in [0.717, 1.165) is 41.7 Å². The average Bonchev–Trinajstić information content (AvgIpc) is 2.62. The van der Waals surface area contributed by atoms with E-state index in [1.807, 2.05) is 18.2 Å². The van der Waals surface area contributed by atoms with Crippen LogP contribution in [0.4, 0.5) is 0 Å². The van der Waals surface area contributed by atoms with Gasteiger partial charge in [0.1, 0.15) is 0 Å². The van der Waals surface area contributed by atoms with Crippen LogP contribution in [0.5, 0.6) is 0 Å². The van der Waals surface area contributed by atoms with Crippen LogP contribution in [0, 0.1) is 5.41 Å². The van der Waals surface area contributed by atoms with E-state index in [1.54, 1.807) is 17.8 Å². The molecular weight excluding hydrogens is 356 g/mol. The fraction of sp³-hybridized carbons (Fsp3) is 0.478. The quantitative estimate of drug-likeness (QED) is 0.470. The van der Waals surface area contributed by atoms with Crippen LogP contribution in [0.25, 0.3) is 0 Å². The minimum Gasteiger partial charge on any atom is -0.450 e. The van der Waals surface area contributed by atoms with E-state index >= 15 is 0 Å². The number of thioether (sulfide) groups is 1. The van der Waals surface area contributed by atoms with Crippen molar-refractivity contribution in [2.75, 3.05) is 0 Å². The zero-order chi connectivity index (χ0) is 19.4. The molecule has 1 atom stereocenters. The fourth-order valence-corrected chi connectivity index (χ4v) is 4.48. The number of fused-ring (bicyclic) bond motifs is 1. The second-order valence-corrected chi connectivity index (χ2v) is 9.57. The van der Waals surface area contributed by atoms with Crippen molar-refractivity contribution in [1.82, 2.24) is 0 Å². The summed E-state index contributed by atoms with van der Waals surface area (Å²) >= 11 is 1.62. The van der Waals surface area contributed by atoms with Crippen LogP contribution >= 0.6 is 11.8 Å². The summed E-state index contributed by atoms with van der Waals surface area (Å²) in [5.41, 5.74) is 2.26. The predicted molar refractivity (Wildman–Crippen MR) is 110 cm³/mol. The first kappa shape index (κ1) is 19.9. The summed E-state index contributed by atoms with van der Waals surface area (Å²) in [6.45, 7) is 6.69. The van der Waals surface area contributed by atoms with E-state index in [4.69, 9.17) is 4.74 Å². The van der Waals surface area contributed by atoms with Crippen molar-refractivity contribution in [2.45, 2.75) is 70.3 Å². The molecule has 0 saturated carbocycles. The molecule has 1 aliphatic carbocycles. The maximum atomic E-state index is 12.8. The highest BCUT2D eigenvalue weighted by Gasteiger charge is 2.31. The van der Waals surface area contributed by atoms with Gasteiger partial charge in [-0.05, 0) is 42.0 Å². The highest BCUT2D eigenvalue weighted by Crippen LogP contribution is 2.41. The minimum atomic E-state index is -0.767. The number of hydrogen-bond donors (Lipinski definition) is 0. The lowest BCUT2D eigenvalue weighted by atomic mass is 9.89. The third-order valence-electron chi connectivity index (χ3n) is 4.90. The van der Waals surface area contributed by atoms with Crippen LogP contribution in [0.1, 0.15) is 58.4 Å². The van der Waals surface area contributed by atoms with Crippen molar-refractivity contribution in [3.05, 3.63) is 52.5 Å².